The topological polar surface area (TPSA) is 68.6 Å². The number of ether oxygens (including phenoxy) is 1. The molecular weight excluding hydrogens is 428 g/mol. The molecule has 0 saturated carbocycles. The van der Waals surface area contributed by atoms with Crippen molar-refractivity contribution in [2.75, 3.05) is 39.3 Å². The second kappa shape index (κ2) is 11.2. The first kappa shape index (κ1) is 21.6. The lowest BCUT2D eigenvalue weighted by atomic mass is 10.2. The van der Waals surface area contributed by atoms with Gasteiger partial charge in [-0.3, -0.25) is 15.0 Å². The van der Waals surface area contributed by atoms with Crippen molar-refractivity contribution in [3.63, 3.8) is 0 Å². The molecule has 0 radical (unpaired) electrons. The Morgan fingerprint density at radius 1 is 1.37 bits per heavy atom. The van der Waals surface area contributed by atoms with Crippen molar-refractivity contribution < 1.29 is 9.53 Å². The number of rotatable bonds is 7. The van der Waals surface area contributed by atoms with Gasteiger partial charge in [0.15, 0.2) is 5.11 Å². The van der Waals surface area contributed by atoms with Crippen molar-refractivity contribution in [1.29, 1.82) is 5.26 Å². The quantitative estimate of drug-likeness (QED) is 0.505. The Morgan fingerprint density at radius 2 is 2.11 bits per heavy atom. The number of thiocarbonyl (C=S) groups is 1. The van der Waals surface area contributed by atoms with Crippen LogP contribution >= 0.6 is 28.1 Å². The molecule has 0 spiro atoms. The fraction of sp³-hybridized carbons (Fsp3) is 0.526. The van der Waals surface area contributed by atoms with Crippen LogP contribution in [0.1, 0.15) is 36.5 Å². The van der Waals surface area contributed by atoms with Crippen molar-refractivity contribution in [3.05, 3.63) is 28.2 Å². The lowest BCUT2D eigenvalue weighted by Gasteiger charge is -2.35. The molecule has 146 valence electrons. The minimum absolute atomic E-state index is 0.264. The fourth-order valence-electron chi connectivity index (χ4n) is 2.76. The molecule has 0 bridgehead atoms. The molecule has 0 unspecified atom stereocenters. The Bertz CT molecular complexity index is 699. The number of nitrogens with one attached hydrogen (secondary N) is 1. The monoisotopic (exact) mass is 452 g/mol. The zero-order valence-corrected chi connectivity index (χ0v) is 17.9. The number of halogens is 1. The van der Waals surface area contributed by atoms with E-state index in [1.165, 1.54) is 0 Å². The standard InChI is InChI=1S/C19H25BrN4O2S/c1-2-3-13-26-17-6-5-15(20)14-16(17)18(25)22-19(27)24-11-9-23(10-12-24)8-4-7-21/h5-6,14H,2-4,8-13H2,1H3,(H,22,25,27). The number of nitrogens with zero attached hydrogens (tertiary/aromatic N) is 3. The first-order valence-electron chi connectivity index (χ1n) is 9.17. The maximum absolute atomic E-state index is 12.7. The predicted molar refractivity (Wildman–Crippen MR) is 113 cm³/mol. The summed E-state index contributed by atoms with van der Waals surface area (Å²) in [6, 6.07) is 7.57. The summed E-state index contributed by atoms with van der Waals surface area (Å²) in [4.78, 5) is 17.0. The Kier molecular flexibility index (Phi) is 8.98. The summed E-state index contributed by atoms with van der Waals surface area (Å²) in [5.41, 5.74) is 0.468. The van der Waals surface area contributed by atoms with E-state index in [4.69, 9.17) is 22.2 Å². The summed E-state index contributed by atoms with van der Waals surface area (Å²) >= 11 is 8.84. The first-order chi connectivity index (χ1) is 13.0. The van der Waals surface area contributed by atoms with Gasteiger partial charge in [0.05, 0.1) is 18.2 Å². The molecular formula is C19H25BrN4O2S. The highest BCUT2D eigenvalue weighted by Crippen LogP contribution is 2.23. The molecule has 8 heteroatoms. The van der Waals surface area contributed by atoms with Crippen molar-refractivity contribution in [1.82, 2.24) is 15.1 Å². The SMILES string of the molecule is CCCCOc1ccc(Br)cc1C(=O)NC(=S)N1CCN(CCC#N)CC1. The average molecular weight is 453 g/mol. The van der Waals surface area contributed by atoms with Gasteiger partial charge in [0.1, 0.15) is 5.75 Å². The van der Waals surface area contributed by atoms with E-state index < -0.39 is 0 Å². The summed E-state index contributed by atoms with van der Waals surface area (Å²) in [6.07, 6.45) is 2.50. The molecule has 1 amide bonds. The van der Waals surface area contributed by atoms with Crippen LogP contribution in [0.3, 0.4) is 0 Å². The predicted octanol–water partition coefficient (Wildman–Crippen LogP) is 3.17. The van der Waals surface area contributed by atoms with Crippen LogP contribution in [-0.4, -0.2) is 60.2 Å². The molecule has 6 nitrogen and oxygen atoms in total. The highest BCUT2D eigenvalue weighted by atomic mass is 79.9. The number of unbranched alkanes of at least 4 members (excludes halogenated alkanes) is 1. The molecule has 1 heterocycles. The second-order valence-electron chi connectivity index (χ2n) is 6.34. The largest absolute Gasteiger partial charge is 0.493 e. The van der Waals surface area contributed by atoms with Crippen LogP contribution in [-0.2, 0) is 0 Å². The number of hydrogen-bond acceptors (Lipinski definition) is 5. The van der Waals surface area contributed by atoms with Gasteiger partial charge in [0.25, 0.3) is 5.91 Å². The number of piperazine rings is 1. The Labute approximate surface area is 174 Å². The second-order valence-corrected chi connectivity index (χ2v) is 7.64. The fourth-order valence-corrected chi connectivity index (χ4v) is 3.39. The van der Waals surface area contributed by atoms with Crippen molar-refractivity contribution in [3.8, 4) is 11.8 Å². The number of nitriles is 1. The highest BCUT2D eigenvalue weighted by Gasteiger charge is 2.21. The Balaban J connectivity index is 1.94. The summed E-state index contributed by atoms with van der Waals surface area (Å²) in [5, 5.41) is 11.9. The first-order valence-corrected chi connectivity index (χ1v) is 10.4. The van der Waals surface area contributed by atoms with E-state index in [1.807, 2.05) is 11.0 Å². The number of carbonyl (C=O) groups excluding carboxylic acids is 1. The van der Waals surface area contributed by atoms with Gasteiger partial charge in [-0.2, -0.15) is 5.26 Å². The molecule has 2 rings (SSSR count). The van der Waals surface area contributed by atoms with E-state index in [2.05, 4.69) is 39.1 Å². The summed E-state index contributed by atoms with van der Waals surface area (Å²) in [6.45, 7) is 6.59. The number of hydrogen-bond donors (Lipinski definition) is 1. The molecule has 1 aliphatic heterocycles. The minimum Gasteiger partial charge on any atom is -0.493 e. The van der Waals surface area contributed by atoms with Gasteiger partial charge < -0.3 is 9.64 Å². The average Bonchev–Trinajstić information content (AvgIpc) is 2.67. The normalized spacial score (nSPS) is 14.5. The number of benzene rings is 1. The van der Waals surface area contributed by atoms with Crippen LogP contribution in [0.2, 0.25) is 0 Å². The van der Waals surface area contributed by atoms with E-state index in [0.29, 0.717) is 29.5 Å². The van der Waals surface area contributed by atoms with E-state index in [-0.39, 0.29) is 5.91 Å². The number of amides is 1. The van der Waals surface area contributed by atoms with Gasteiger partial charge in [0.2, 0.25) is 0 Å². The third-order valence-corrected chi connectivity index (χ3v) is 5.22. The summed E-state index contributed by atoms with van der Waals surface area (Å²) < 4.78 is 6.57. The van der Waals surface area contributed by atoms with E-state index in [9.17, 15) is 4.79 Å². The van der Waals surface area contributed by atoms with Crippen LogP contribution in [0.4, 0.5) is 0 Å². The van der Waals surface area contributed by atoms with E-state index in [0.717, 1.165) is 50.0 Å². The van der Waals surface area contributed by atoms with Crippen LogP contribution in [0.15, 0.2) is 22.7 Å². The van der Waals surface area contributed by atoms with Gasteiger partial charge in [-0.25, -0.2) is 0 Å². The van der Waals surface area contributed by atoms with E-state index in [1.54, 1.807) is 12.1 Å². The Morgan fingerprint density at radius 3 is 2.78 bits per heavy atom. The van der Waals surface area contributed by atoms with Gasteiger partial charge >= 0.3 is 0 Å². The molecule has 0 aromatic heterocycles. The molecule has 1 aromatic rings. The zero-order chi connectivity index (χ0) is 19.6. The molecule has 0 aliphatic carbocycles. The zero-order valence-electron chi connectivity index (χ0n) is 15.5. The maximum atomic E-state index is 12.7. The molecule has 0 atom stereocenters. The van der Waals surface area contributed by atoms with Gasteiger partial charge in [-0.15, -0.1) is 0 Å². The van der Waals surface area contributed by atoms with Crippen LogP contribution in [0, 0.1) is 11.3 Å². The highest BCUT2D eigenvalue weighted by molar-refractivity contribution is 9.10. The summed E-state index contributed by atoms with van der Waals surface area (Å²) in [7, 11) is 0. The number of carbonyl (C=O) groups is 1. The van der Waals surface area contributed by atoms with Crippen LogP contribution < -0.4 is 10.1 Å². The third-order valence-electron chi connectivity index (χ3n) is 4.36. The summed E-state index contributed by atoms with van der Waals surface area (Å²) in [5.74, 6) is 0.299. The van der Waals surface area contributed by atoms with Crippen molar-refractivity contribution in [2.24, 2.45) is 0 Å². The van der Waals surface area contributed by atoms with E-state index >= 15 is 0 Å². The molecule has 1 N–H and O–H groups in total. The molecule has 1 saturated heterocycles. The van der Waals surface area contributed by atoms with Crippen LogP contribution in [0.25, 0.3) is 0 Å². The van der Waals surface area contributed by atoms with Gasteiger partial charge in [-0.05, 0) is 36.8 Å². The lowest BCUT2D eigenvalue weighted by molar-refractivity contribution is 0.0965. The van der Waals surface area contributed by atoms with Crippen molar-refractivity contribution >= 4 is 39.2 Å². The van der Waals surface area contributed by atoms with Crippen molar-refractivity contribution in [2.45, 2.75) is 26.2 Å². The molecule has 1 aromatic carbocycles. The lowest BCUT2D eigenvalue weighted by Crippen LogP contribution is -2.52. The Hall–Kier alpha value is -1.69. The maximum Gasteiger partial charge on any atom is 0.261 e. The molecule has 27 heavy (non-hydrogen) atoms. The molecule has 1 fully saturated rings. The minimum atomic E-state index is -0.264. The third kappa shape index (κ3) is 6.76. The smallest absolute Gasteiger partial charge is 0.261 e. The molecule has 1 aliphatic rings. The van der Waals surface area contributed by atoms with Gasteiger partial charge in [-0.1, -0.05) is 29.3 Å². The van der Waals surface area contributed by atoms with Crippen LogP contribution in [0.5, 0.6) is 5.75 Å². The van der Waals surface area contributed by atoms with Gasteiger partial charge in [0, 0.05) is 43.6 Å².